The van der Waals surface area contributed by atoms with Gasteiger partial charge in [0.25, 0.3) is 0 Å². The van der Waals surface area contributed by atoms with Gasteiger partial charge in [0.2, 0.25) is 5.91 Å². The van der Waals surface area contributed by atoms with Crippen molar-refractivity contribution in [2.75, 3.05) is 20.3 Å². The minimum Gasteiger partial charge on any atom is -0.481 e. The molecule has 0 aromatic heterocycles. The number of carbonyl (C=O) groups excluding carboxylic acids is 2. The van der Waals surface area contributed by atoms with Crippen molar-refractivity contribution < 1.29 is 29.0 Å². The fourth-order valence-electron chi connectivity index (χ4n) is 5.01. The van der Waals surface area contributed by atoms with Crippen LogP contribution in [0.15, 0.2) is 48.5 Å². The molecule has 2 aliphatic carbocycles. The number of hydrogen-bond donors (Lipinski definition) is 3. The topological polar surface area (TPSA) is 114 Å². The Hall–Kier alpha value is -3.39. The number of fused-ring (bicyclic) bond motifs is 3. The highest BCUT2D eigenvalue weighted by Crippen LogP contribution is 2.44. The van der Waals surface area contributed by atoms with Crippen molar-refractivity contribution in [3.63, 3.8) is 0 Å². The summed E-state index contributed by atoms with van der Waals surface area (Å²) in [6.07, 6.45) is 0.862. The van der Waals surface area contributed by atoms with Crippen molar-refractivity contribution in [3.05, 3.63) is 59.7 Å². The van der Waals surface area contributed by atoms with E-state index >= 15 is 0 Å². The number of hydrogen-bond acceptors (Lipinski definition) is 5. The molecule has 0 radical (unpaired) electrons. The van der Waals surface area contributed by atoms with Crippen LogP contribution in [0.2, 0.25) is 0 Å². The second-order valence-corrected chi connectivity index (χ2v) is 8.76. The molecule has 1 saturated carbocycles. The lowest BCUT2D eigenvalue weighted by molar-refractivity contribution is -0.142. The van der Waals surface area contributed by atoms with Crippen LogP contribution in [0.4, 0.5) is 4.79 Å². The van der Waals surface area contributed by atoms with Crippen LogP contribution in [0.25, 0.3) is 11.1 Å². The van der Waals surface area contributed by atoms with Crippen LogP contribution < -0.4 is 10.6 Å². The van der Waals surface area contributed by atoms with Crippen LogP contribution >= 0.6 is 0 Å². The first-order chi connectivity index (χ1) is 16.5. The van der Waals surface area contributed by atoms with Gasteiger partial charge < -0.3 is 25.2 Å². The molecule has 3 N–H and O–H groups in total. The van der Waals surface area contributed by atoms with Gasteiger partial charge >= 0.3 is 12.1 Å². The Kier molecular flexibility index (Phi) is 7.47. The lowest BCUT2D eigenvalue weighted by Crippen LogP contribution is -2.46. The molecule has 34 heavy (non-hydrogen) atoms. The first kappa shape index (κ1) is 23.8. The van der Waals surface area contributed by atoms with E-state index in [1.165, 1.54) is 7.11 Å². The number of alkyl carbamates (subject to hydrolysis) is 1. The monoisotopic (exact) mass is 466 g/mol. The van der Waals surface area contributed by atoms with Gasteiger partial charge in [0, 0.05) is 32.0 Å². The zero-order valence-electron chi connectivity index (χ0n) is 19.2. The normalized spacial score (nSPS) is 19.7. The fraction of sp³-hybridized carbons (Fsp3) is 0.423. The summed E-state index contributed by atoms with van der Waals surface area (Å²) in [5, 5.41) is 14.8. The first-order valence-corrected chi connectivity index (χ1v) is 11.6. The van der Waals surface area contributed by atoms with E-state index in [4.69, 9.17) is 9.47 Å². The highest BCUT2D eigenvalue weighted by molar-refractivity contribution is 5.82. The third kappa shape index (κ3) is 5.07. The SMILES string of the molecule is COC(CCNC(=O)OCC1c2ccccc2-c2ccccc21)C(=O)N[C@H]1CCC[C@H]1C(=O)O. The summed E-state index contributed by atoms with van der Waals surface area (Å²) in [6, 6.07) is 15.9. The average molecular weight is 467 g/mol. The number of carbonyl (C=O) groups is 3. The van der Waals surface area contributed by atoms with E-state index in [1.54, 1.807) is 0 Å². The minimum atomic E-state index is -0.895. The summed E-state index contributed by atoms with van der Waals surface area (Å²) in [5.74, 6) is -1.85. The Bertz CT molecular complexity index is 1010. The second-order valence-electron chi connectivity index (χ2n) is 8.76. The van der Waals surface area contributed by atoms with Crippen LogP contribution in [0, 0.1) is 5.92 Å². The number of ether oxygens (including phenoxy) is 2. The second kappa shape index (κ2) is 10.7. The van der Waals surface area contributed by atoms with Crippen molar-refractivity contribution in [1.82, 2.24) is 10.6 Å². The zero-order chi connectivity index (χ0) is 24.1. The summed E-state index contributed by atoms with van der Waals surface area (Å²) in [7, 11) is 1.42. The first-order valence-electron chi connectivity index (χ1n) is 11.6. The summed E-state index contributed by atoms with van der Waals surface area (Å²) < 4.78 is 10.8. The Balaban J connectivity index is 1.25. The third-order valence-corrected chi connectivity index (χ3v) is 6.76. The Morgan fingerprint density at radius 1 is 1.03 bits per heavy atom. The maximum Gasteiger partial charge on any atom is 0.407 e. The average Bonchev–Trinajstić information content (AvgIpc) is 3.43. The van der Waals surface area contributed by atoms with Crippen molar-refractivity contribution in [1.29, 1.82) is 0 Å². The van der Waals surface area contributed by atoms with E-state index in [9.17, 15) is 19.5 Å². The van der Waals surface area contributed by atoms with Gasteiger partial charge in [-0.15, -0.1) is 0 Å². The number of carboxylic acids is 1. The van der Waals surface area contributed by atoms with Crippen molar-refractivity contribution >= 4 is 18.0 Å². The van der Waals surface area contributed by atoms with Crippen LogP contribution in [0.1, 0.15) is 42.7 Å². The quantitative estimate of drug-likeness (QED) is 0.523. The minimum absolute atomic E-state index is 0.0238. The van der Waals surface area contributed by atoms with Crippen molar-refractivity contribution in [2.24, 2.45) is 5.92 Å². The van der Waals surface area contributed by atoms with Gasteiger partial charge in [-0.25, -0.2) is 4.79 Å². The molecule has 180 valence electrons. The Morgan fingerprint density at radius 2 is 1.68 bits per heavy atom. The molecule has 4 rings (SSSR count). The van der Waals surface area contributed by atoms with Crippen molar-refractivity contribution in [2.45, 2.75) is 43.7 Å². The van der Waals surface area contributed by atoms with E-state index in [2.05, 4.69) is 34.9 Å². The van der Waals surface area contributed by atoms with Gasteiger partial charge in [-0.1, -0.05) is 55.0 Å². The number of aliphatic carboxylic acids is 1. The molecule has 0 aliphatic heterocycles. The predicted octanol–water partition coefficient (Wildman–Crippen LogP) is 3.30. The summed E-state index contributed by atoms with van der Waals surface area (Å²) in [6.45, 7) is 0.405. The molecular formula is C26H30N2O6. The third-order valence-electron chi connectivity index (χ3n) is 6.76. The molecule has 2 amide bonds. The number of benzene rings is 2. The number of carboxylic acid groups (broad SMARTS) is 1. The van der Waals surface area contributed by atoms with Gasteiger partial charge in [-0.05, 0) is 35.1 Å². The largest absolute Gasteiger partial charge is 0.481 e. The molecule has 0 heterocycles. The smallest absolute Gasteiger partial charge is 0.407 e. The van der Waals surface area contributed by atoms with Gasteiger partial charge in [0.1, 0.15) is 12.7 Å². The molecule has 1 unspecified atom stereocenters. The molecule has 2 aromatic carbocycles. The summed E-state index contributed by atoms with van der Waals surface area (Å²) >= 11 is 0. The number of nitrogens with one attached hydrogen (secondary N) is 2. The van der Waals surface area contributed by atoms with Crippen LogP contribution in [-0.2, 0) is 19.1 Å². The van der Waals surface area contributed by atoms with Gasteiger partial charge in [-0.3, -0.25) is 9.59 Å². The molecule has 8 heteroatoms. The summed E-state index contributed by atoms with van der Waals surface area (Å²) in [5.41, 5.74) is 4.60. The zero-order valence-corrected chi connectivity index (χ0v) is 19.2. The van der Waals surface area contributed by atoms with Crippen LogP contribution in [-0.4, -0.2) is 55.5 Å². The predicted molar refractivity (Wildman–Crippen MR) is 125 cm³/mol. The molecule has 0 bridgehead atoms. The van der Waals surface area contributed by atoms with E-state index in [1.807, 2.05) is 24.3 Å². The maximum atomic E-state index is 12.5. The van der Waals surface area contributed by atoms with Crippen LogP contribution in [0.3, 0.4) is 0 Å². The molecule has 2 aromatic rings. The van der Waals surface area contributed by atoms with Gasteiger partial charge in [0.05, 0.1) is 5.92 Å². The fourth-order valence-corrected chi connectivity index (χ4v) is 5.01. The number of methoxy groups -OCH3 is 1. The maximum absolute atomic E-state index is 12.5. The highest BCUT2D eigenvalue weighted by Gasteiger charge is 2.35. The summed E-state index contributed by atoms with van der Waals surface area (Å²) in [4.78, 5) is 36.2. The molecule has 3 atom stereocenters. The van der Waals surface area contributed by atoms with E-state index in [-0.39, 0.29) is 31.4 Å². The van der Waals surface area contributed by atoms with E-state index in [0.29, 0.717) is 12.8 Å². The molecular weight excluding hydrogens is 436 g/mol. The molecule has 0 saturated heterocycles. The molecule has 8 nitrogen and oxygen atoms in total. The van der Waals surface area contributed by atoms with Gasteiger partial charge in [0.15, 0.2) is 0 Å². The molecule has 1 fully saturated rings. The molecule has 0 spiro atoms. The van der Waals surface area contributed by atoms with E-state index in [0.717, 1.165) is 28.7 Å². The lowest BCUT2D eigenvalue weighted by atomic mass is 9.98. The Labute approximate surface area is 198 Å². The van der Waals surface area contributed by atoms with Gasteiger partial charge in [-0.2, -0.15) is 0 Å². The highest BCUT2D eigenvalue weighted by atomic mass is 16.5. The number of rotatable bonds is 9. The van der Waals surface area contributed by atoms with E-state index < -0.39 is 30.1 Å². The van der Waals surface area contributed by atoms with Crippen LogP contribution in [0.5, 0.6) is 0 Å². The lowest BCUT2D eigenvalue weighted by Gasteiger charge is -2.21. The molecule has 2 aliphatic rings. The standard InChI is InChI=1S/C26H30N2O6/c1-33-23(24(29)28-22-12-6-11-20(22)25(30)31)13-14-27-26(32)34-15-21-18-9-4-2-7-16(18)17-8-3-5-10-19(17)21/h2-5,7-10,20-23H,6,11-15H2,1H3,(H,27,32)(H,28,29)(H,30,31)/t20-,22+,23?/m1/s1. The van der Waals surface area contributed by atoms with Crippen molar-refractivity contribution in [3.8, 4) is 11.1 Å². The number of amides is 2. The Morgan fingerprint density at radius 3 is 2.29 bits per heavy atom.